The van der Waals surface area contributed by atoms with Crippen LogP contribution < -0.4 is 4.74 Å². The Morgan fingerprint density at radius 1 is 1.24 bits per heavy atom. The van der Waals surface area contributed by atoms with Crippen LogP contribution in [0, 0.1) is 11.6 Å². The van der Waals surface area contributed by atoms with Gasteiger partial charge in [0.05, 0.1) is 20.3 Å². The average molecular weight is 424 g/mol. The molecule has 114 valence electrons. The first-order valence-corrected chi connectivity index (χ1v) is 8.07. The highest BCUT2D eigenvalue weighted by molar-refractivity contribution is 9.10. The number of halogens is 4. The van der Waals surface area contributed by atoms with Crippen LogP contribution in [0.1, 0.15) is 25.2 Å². The summed E-state index contributed by atoms with van der Waals surface area (Å²) in [5.74, 6) is -1.40. The van der Waals surface area contributed by atoms with Crippen LogP contribution in [0.5, 0.6) is 5.75 Å². The van der Waals surface area contributed by atoms with Crippen LogP contribution in [0.3, 0.4) is 0 Å². The number of hydrogen-bond donors (Lipinski definition) is 0. The maximum atomic E-state index is 13.7. The highest BCUT2D eigenvalue weighted by atomic mass is 79.9. The summed E-state index contributed by atoms with van der Waals surface area (Å²) in [5, 5.41) is 4.44. The van der Waals surface area contributed by atoms with Gasteiger partial charge in [-0.1, -0.05) is 6.92 Å². The van der Waals surface area contributed by atoms with Gasteiger partial charge in [0.15, 0.2) is 11.6 Å². The van der Waals surface area contributed by atoms with Gasteiger partial charge in [0.25, 0.3) is 0 Å². The molecule has 0 fully saturated rings. The molecular formula is C14H14Br2F2N2O. The summed E-state index contributed by atoms with van der Waals surface area (Å²) in [6.07, 6.45) is 0.787. The van der Waals surface area contributed by atoms with Crippen molar-refractivity contribution in [3.05, 3.63) is 44.1 Å². The third-order valence-electron chi connectivity index (χ3n) is 3.01. The molecule has 2 rings (SSSR count). The van der Waals surface area contributed by atoms with Gasteiger partial charge in [-0.05, 0) is 51.3 Å². The second kappa shape index (κ2) is 6.87. The Bertz CT molecular complexity index is 636. The molecule has 0 radical (unpaired) electrons. The van der Waals surface area contributed by atoms with Crippen molar-refractivity contribution < 1.29 is 13.5 Å². The molecule has 1 aromatic heterocycles. The zero-order valence-electron chi connectivity index (χ0n) is 11.6. The molecule has 3 nitrogen and oxygen atoms in total. The quantitative estimate of drug-likeness (QED) is 0.687. The van der Waals surface area contributed by atoms with E-state index < -0.39 is 11.6 Å². The van der Waals surface area contributed by atoms with E-state index in [1.165, 1.54) is 6.07 Å². The second-order valence-electron chi connectivity index (χ2n) is 4.36. The van der Waals surface area contributed by atoms with Crippen LogP contribution in [-0.2, 0) is 19.6 Å². The Morgan fingerprint density at radius 3 is 2.52 bits per heavy atom. The summed E-state index contributed by atoms with van der Waals surface area (Å²) < 4.78 is 35.2. The molecule has 0 unspecified atom stereocenters. The molecular weight excluding hydrogens is 410 g/mol. The molecule has 0 saturated heterocycles. The lowest BCUT2D eigenvalue weighted by atomic mass is 10.3. The number of ether oxygens (including phenoxy) is 1. The molecule has 0 amide bonds. The lowest BCUT2D eigenvalue weighted by Gasteiger charge is -2.11. The SMILES string of the molecule is CCc1nn(CC)c(COc2c(F)cc(F)cc2Br)c1Br. The number of aryl methyl sites for hydroxylation is 2. The standard InChI is InChI=1S/C14H14Br2F2N2O/c1-3-11-13(16)12(20(4-2)19-11)7-21-14-9(15)5-8(17)6-10(14)18/h5-6H,3-4,7H2,1-2H3. The van der Waals surface area contributed by atoms with E-state index in [1.54, 1.807) is 4.68 Å². The molecule has 1 heterocycles. The summed E-state index contributed by atoms with van der Waals surface area (Å²) in [7, 11) is 0. The molecule has 0 aliphatic rings. The van der Waals surface area contributed by atoms with Gasteiger partial charge in [-0.15, -0.1) is 0 Å². The van der Waals surface area contributed by atoms with Crippen LogP contribution in [-0.4, -0.2) is 9.78 Å². The first kappa shape index (κ1) is 16.4. The number of aromatic nitrogens is 2. The molecule has 0 aliphatic heterocycles. The van der Waals surface area contributed by atoms with E-state index in [4.69, 9.17) is 4.74 Å². The Kier molecular flexibility index (Phi) is 5.37. The van der Waals surface area contributed by atoms with Crippen molar-refractivity contribution in [1.29, 1.82) is 0 Å². The minimum atomic E-state index is -0.740. The van der Waals surface area contributed by atoms with E-state index in [1.807, 2.05) is 13.8 Å². The van der Waals surface area contributed by atoms with E-state index >= 15 is 0 Å². The topological polar surface area (TPSA) is 27.1 Å². The predicted molar refractivity (Wildman–Crippen MR) is 83.4 cm³/mol. The van der Waals surface area contributed by atoms with Gasteiger partial charge in [-0.3, -0.25) is 4.68 Å². The van der Waals surface area contributed by atoms with Gasteiger partial charge in [0.1, 0.15) is 12.4 Å². The van der Waals surface area contributed by atoms with Crippen LogP contribution in [0.2, 0.25) is 0 Å². The average Bonchev–Trinajstić information content (AvgIpc) is 2.73. The highest BCUT2D eigenvalue weighted by Crippen LogP contribution is 2.31. The van der Waals surface area contributed by atoms with Gasteiger partial charge in [0.2, 0.25) is 0 Å². The highest BCUT2D eigenvalue weighted by Gasteiger charge is 2.17. The smallest absolute Gasteiger partial charge is 0.169 e. The maximum Gasteiger partial charge on any atom is 0.169 e. The molecule has 0 aliphatic carbocycles. The summed E-state index contributed by atoms with van der Waals surface area (Å²) in [6.45, 7) is 4.80. The first-order chi connectivity index (χ1) is 9.97. The van der Waals surface area contributed by atoms with Crippen molar-refractivity contribution >= 4 is 31.9 Å². The Morgan fingerprint density at radius 2 is 1.95 bits per heavy atom. The van der Waals surface area contributed by atoms with Crippen LogP contribution in [0.15, 0.2) is 21.1 Å². The molecule has 0 atom stereocenters. The normalized spacial score (nSPS) is 11.0. The largest absolute Gasteiger partial charge is 0.483 e. The third kappa shape index (κ3) is 3.45. The fourth-order valence-electron chi connectivity index (χ4n) is 1.96. The van der Waals surface area contributed by atoms with Gasteiger partial charge in [-0.2, -0.15) is 5.10 Å². The zero-order valence-corrected chi connectivity index (χ0v) is 14.8. The van der Waals surface area contributed by atoms with Gasteiger partial charge < -0.3 is 4.74 Å². The van der Waals surface area contributed by atoms with Gasteiger partial charge in [-0.25, -0.2) is 8.78 Å². The zero-order chi connectivity index (χ0) is 15.6. The Hall–Kier alpha value is -0.950. The fourth-order valence-corrected chi connectivity index (χ4v) is 3.16. The van der Waals surface area contributed by atoms with Crippen molar-refractivity contribution in [2.45, 2.75) is 33.4 Å². The van der Waals surface area contributed by atoms with Crippen molar-refractivity contribution in [1.82, 2.24) is 9.78 Å². The lowest BCUT2D eigenvalue weighted by molar-refractivity contribution is 0.274. The Balaban J connectivity index is 2.26. The summed E-state index contributed by atoms with van der Waals surface area (Å²) >= 11 is 6.60. The van der Waals surface area contributed by atoms with Gasteiger partial charge >= 0.3 is 0 Å². The van der Waals surface area contributed by atoms with Crippen molar-refractivity contribution in [3.63, 3.8) is 0 Å². The second-order valence-corrected chi connectivity index (χ2v) is 6.01. The van der Waals surface area contributed by atoms with Crippen molar-refractivity contribution in [3.8, 4) is 5.75 Å². The molecule has 7 heteroatoms. The first-order valence-electron chi connectivity index (χ1n) is 6.49. The summed E-state index contributed by atoms with van der Waals surface area (Å²) in [6, 6.07) is 1.96. The van der Waals surface area contributed by atoms with Crippen LogP contribution in [0.25, 0.3) is 0 Å². The van der Waals surface area contributed by atoms with E-state index in [-0.39, 0.29) is 16.8 Å². The third-order valence-corrected chi connectivity index (χ3v) is 4.51. The molecule has 0 bridgehead atoms. The molecule has 2 aromatic rings. The van der Waals surface area contributed by atoms with E-state index in [0.29, 0.717) is 6.54 Å². The fraction of sp³-hybridized carbons (Fsp3) is 0.357. The minimum absolute atomic E-state index is 0.00907. The molecule has 0 N–H and O–H groups in total. The number of benzene rings is 1. The maximum absolute atomic E-state index is 13.7. The molecule has 1 aromatic carbocycles. The van der Waals surface area contributed by atoms with Crippen molar-refractivity contribution in [2.75, 3.05) is 0 Å². The predicted octanol–water partition coefficient (Wildman–Crippen LogP) is 4.85. The van der Waals surface area contributed by atoms with E-state index in [2.05, 4.69) is 37.0 Å². The van der Waals surface area contributed by atoms with Crippen LogP contribution >= 0.6 is 31.9 Å². The summed E-state index contributed by atoms with van der Waals surface area (Å²) in [5.41, 5.74) is 1.75. The molecule has 0 spiro atoms. The number of rotatable bonds is 5. The van der Waals surface area contributed by atoms with Crippen LogP contribution in [0.4, 0.5) is 8.78 Å². The molecule has 0 saturated carbocycles. The van der Waals surface area contributed by atoms with E-state index in [9.17, 15) is 8.78 Å². The van der Waals surface area contributed by atoms with E-state index in [0.717, 1.165) is 28.3 Å². The minimum Gasteiger partial charge on any atom is -0.483 e. The van der Waals surface area contributed by atoms with Gasteiger partial charge in [0, 0.05) is 12.6 Å². The molecule has 21 heavy (non-hydrogen) atoms. The van der Waals surface area contributed by atoms with Crippen molar-refractivity contribution in [2.24, 2.45) is 0 Å². The number of hydrogen-bond acceptors (Lipinski definition) is 2. The monoisotopic (exact) mass is 422 g/mol. The lowest BCUT2D eigenvalue weighted by Crippen LogP contribution is -2.07. The Labute approximate surface area is 138 Å². The number of nitrogens with zero attached hydrogens (tertiary/aromatic N) is 2. The summed E-state index contributed by atoms with van der Waals surface area (Å²) in [4.78, 5) is 0.